The third kappa shape index (κ3) is 5.05. The maximum atomic E-state index is 9.33. The van der Waals surface area contributed by atoms with Gasteiger partial charge < -0.3 is 21.1 Å². The zero-order valence-corrected chi connectivity index (χ0v) is 15.5. The molecule has 142 valence electrons. The number of methoxy groups -OCH3 is 1. The molecule has 1 aliphatic carbocycles. The summed E-state index contributed by atoms with van der Waals surface area (Å²) in [5, 5.41) is 15.8. The molecule has 0 aliphatic heterocycles. The lowest BCUT2D eigenvalue weighted by Crippen LogP contribution is -2.29. The third-order valence-electron chi connectivity index (χ3n) is 4.84. The summed E-state index contributed by atoms with van der Waals surface area (Å²) in [7, 11) is 1.59. The number of anilines is 2. The molecule has 0 unspecified atom stereocenters. The molecule has 0 spiro atoms. The molecule has 1 fully saturated rings. The van der Waals surface area contributed by atoms with Gasteiger partial charge in [0.05, 0.1) is 13.3 Å². The number of pyridine rings is 1. The molecule has 0 atom stereocenters. The van der Waals surface area contributed by atoms with Gasteiger partial charge >= 0.3 is 0 Å². The summed E-state index contributed by atoms with van der Waals surface area (Å²) in [5.74, 6) is 2.13. The Labute approximate surface area is 159 Å². The van der Waals surface area contributed by atoms with Gasteiger partial charge in [0, 0.05) is 30.9 Å². The number of hydrogen-bond acceptors (Lipinski definition) is 8. The van der Waals surface area contributed by atoms with Crippen molar-refractivity contribution < 1.29 is 4.74 Å². The summed E-state index contributed by atoms with van der Waals surface area (Å²) >= 11 is 0. The summed E-state index contributed by atoms with van der Waals surface area (Å²) in [6, 6.07) is 6.25. The Morgan fingerprint density at radius 2 is 2.07 bits per heavy atom. The van der Waals surface area contributed by atoms with Gasteiger partial charge in [0.25, 0.3) is 0 Å². The summed E-state index contributed by atoms with van der Waals surface area (Å²) in [4.78, 5) is 12.9. The first-order chi connectivity index (χ1) is 13.2. The molecule has 2 aromatic heterocycles. The summed E-state index contributed by atoms with van der Waals surface area (Å²) in [6.45, 7) is 1.26. The fraction of sp³-hybridized carbons (Fsp3) is 0.474. The molecular weight excluding hydrogens is 342 g/mol. The summed E-state index contributed by atoms with van der Waals surface area (Å²) in [6.07, 6.45) is 7.54. The molecule has 8 nitrogen and oxygen atoms in total. The predicted octanol–water partition coefficient (Wildman–Crippen LogP) is 2.29. The van der Waals surface area contributed by atoms with Gasteiger partial charge in [-0.1, -0.05) is 6.07 Å². The minimum atomic E-state index is 0.329. The van der Waals surface area contributed by atoms with Crippen molar-refractivity contribution in [1.82, 2.24) is 15.0 Å². The van der Waals surface area contributed by atoms with Crippen molar-refractivity contribution in [3.05, 3.63) is 35.7 Å². The van der Waals surface area contributed by atoms with Gasteiger partial charge in [0.15, 0.2) is 0 Å². The van der Waals surface area contributed by atoms with E-state index in [1.54, 1.807) is 13.3 Å². The Kier molecular flexibility index (Phi) is 6.39. The number of aromatic nitrogens is 3. The van der Waals surface area contributed by atoms with Gasteiger partial charge in [-0.25, -0.2) is 9.97 Å². The van der Waals surface area contributed by atoms with Crippen LogP contribution in [0, 0.1) is 17.2 Å². The van der Waals surface area contributed by atoms with Gasteiger partial charge in [-0.05, 0) is 37.7 Å². The number of rotatable bonds is 7. The fourth-order valence-corrected chi connectivity index (χ4v) is 3.23. The molecule has 2 heterocycles. The lowest BCUT2D eigenvalue weighted by molar-refractivity contribution is 0.338. The van der Waals surface area contributed by atoms with E-state index in [0.717, 1.165) is 37.8 Å². The van der Waals surface area contributed by atoms with Crippen molar-refractivity contribution in [2.75, 3.05) is 24.3 Å². The predicted molar refractivity (Wildman–Crippen MR) is 103 cm³/mol. The van der Waals surface area contributed by atoms with Gasteiger partial charge in [0.2, 0.25) is 11.8 Å². The summed E-state index contributed by atoms with van der Waals surface area (Å²) in [5.41, 5.74) is 7.31. The standard InChI is InChI=1S/C19H25N7O/c1-27-18-14(3-2-8-22-18)11-24-19-25-12-15(9-20)17(26-19)23-10-13-4-6-16(21)7-5-13/h2-3,8,12-13,16H,4-7,10-11,21H2,1H3,(H2,23,24,25,26). The molecule has 1 aliphatic rings. The maximum Gasteiger partial charge on any atom is 0.224 e. The van der Waals surface area contributed by atoms with Gasteiger partial charge in [-0.15, -0.1) is 0 Å². The van der Waals surface area contributed by atoms with Crippen LogP contribution in [0.3, 0.4) is 0 Å². The lowest BCUT2D eigenvalue weighted by Gasteiger charge is -2.26. The van der Waals surface area contributed by atoms with Crippen molar-refractivity contribution in [3.63, 3.8) is 0 Å². The van der Waals surface area contributed by atoms with Crippen LogP contribution in [-0.2, 0) is 6.54 Å². The molecule has 0 saturated heterocycles. The van der Waals surface area contributed by atoms with E-state index in [0.29, 0.717) is 41.7 Å². The second kappa shape index (κ2) is 9.14. The van der Waals surface area contributed by atoms with Crippen LogP contribution in [-0.4, -0.2) is 34.6 Å². The van der Waals surface area contributed by atoms with E-state index in [2.05, 4.69) is 31.7 Å². The molecule has 8 heteroatoms. The van der Waals surface area contributed by atoms with Crippen LogP contribution in [0.2, 0.25) is 0 Å². The zero-order valence-electron chi connectivity index (χ0n) is 15.5. The monoisotopic (exact) mass is 367 g/mol. The summed E-state index contributed by atoms with van der Waals surface area (Å²) < 4.78 is 5.25. The second-order valence-corrected chi connectivity index (χ2v) is 6.75. The normalized spacial score (nSPS) is 19.1. The smallest absolute Gasteiger partial charge is 0.224 e. The first-order valence-electron chi connectivity index (χ1n) is 9.18. The molecule has 27 heavy (non-hydrogen) atoms. The van der Waals surface area contributed by atoms with Gasteiger partial charge in [-0.2, -0.15) is 10.2 Å². The van der Waals surface area contributed by atoms with Crippen molar-refractivity contribution >= 4 is 11.8 Å². The first kappa shape index (κ1) is 18.9. The Bertz CT molecular complexity index is 797. The van der Waals surface area contributed by atoms with E-state index in [1.807, 2.05) is 12.1 Å². The van der Waals surface area contributed by atoms with E-state index < -0.39 is 0 Å². The fourth-order valence-electron chi connectivity index (χ4n) is 3.23. The number of nitrogens with one attached hydrogen (secondary N) is 2. The molecule has 0 amide bonds. The highest BCUT2D eigenvalue weighted by Crippen LogP contribution is 2.24. The molecule has 0 bridgehead atoms. The van der Waals surface area contributed by atoms with E-state index in [1.165, 1.54) is 6.20 Å². The Morgan fingerprint density at radius 1 is 1.26 bits per heavy atom. The highest BCUT2D eigenvalue weighted by atomic mass is 16.5. The lowest BCUT2D eigenvalue weighted by atomic mass is 9.86. The van der Waals surface area contributed by atoms with Crippen molar-refractivity contribution in [3.8, 4) is 11.9 Å². The maximum absolute atomic E-state index is 9.33. The van der Waals surface area contributed by atoms with E-state index >= 15 is 0 Å². The quantitative estimate of drug-likeness (QED) is 0.681. The highest BCUT2D eigenvalue weighted by Gasteiger charge is 2.19. The van der Waals surface area contributed by atoms with Crippen LogP contribution in [0.25, 0.3) is 0 Å². The minimum absolute atomic E-state index is 0.329. The van der Waals surface area contributed by atoms with Crippen LogP contribution in [0.5, 0.6) is 5.88 Å². The number of hydrogen-bond donors (Lipinski definition) is 3. The van der Waals surface area contributed by atoms with Crippen molar-refractivity contribution in [1.29, 1.82) is 5.26 Å². The van der Waals surface area contributed by atoms with Crippen LogP contribution in [0.15, 0.2) is 24.5 Å². The van der Waals surface area contributed by atoms with Crippen LogP contribution in [0.4, 0.5) is 11.8 Å². The molecule has 1 saturated carbocycles. The largest absolute Gasteiger partial charge is 0.481 e. The van der Waals surface area contributed by atoms with Crippen LogP contribution >= 0.6 is 0 Å². The molecule has 4 N–H and O–H groups in total. The van der Waals surface area contributed by atoms with Crippen molar-refractivity contribution in [2.24, 2.45) is 11.7 Å². The Morgan fingerprint density at radius 3 is 2.81 bits per heavy atom. The molecule has 2 aromatic rings. The Balaban J connectivity index is 1.63. The molecular formula is C19H25N7O. The van der Waals surface area contributed by atoms with E-state index in [-0.39, 0.29) is 0 Å². The molecule has 3 rings (SSSR count). The van der Waals surface area contributed by atoms with Crippen LogP contribution < -0.4 is 21.1 Å². The highest BCUT2D eigenvalue weighted by molar-refractivity contribution is 5.53. The average Bonchev–Trinajstić information content (AvgIpc) is 2.72. The van der Waals surface area contributed by atoms with Gasteiger partial charge in [-0.3, -0.25) is 0 Å². The van der Waals surface area contributed by atoms with E-state index in [4.69, 9.17) is 10.5 Å². The average molecular weight is 367 g/mol. The van der Waals surface area contributed by atoms with Crippen LogP contribution in [0.1, 0.15) is 36.8 Å². The topological polar surface area (TPSA) is 122 Å². The SMILES string of the molecule is COc1ncccc1CNc1ncc(C#N)c(NCC2CCC(N)CC2)n1. The number of nitrogens with two attached hydrogens (primary N) is 1. The third-order valence-corrected chi connectivity index (χ3v) is 4.84. The minimum Gasteiger partial charge on any atom is -0.481 e. The Hall–Kier alpha value is -2.92. The van der Waals surface area contributed by atoms with Gasteiger partial charge in [0.1, 0.15) is 17.5 Å². The molecule has 0 aromatic carbocycles. The molecule has 0 radical (unpaired) electrons. The zero-order chi connectivity index (χ0) is 19.1. The van der Waals surface area contributed by atoms with E-state index in [9.17, 15) is 5.26 Å². The number of nitriles is 1. The second-order valence-electron chi connectivity index (χ2n) is 6.75. The first-order valence-corrected chi connectivity index (χ1v) is 9.18. The van der Waals surface area contributed by atoms with Crippen molar-refractivity contribution in [2.45, 2.75) is 38.3 Å². The number of ether oxygens (including phenoxy) is 1. The number of nitrogens with zero attached hydrogens (tertiary/aromatic N) is 4.